The third-order valence-electron chi connectivity index (χ3n) is 3.30. The molecule has 0 saturated heterocycles. The number of hydrogen-bond acceptors (Lipinski definition) is 2. The van der Waals surface area contributed by atoms with Crippen molar-refractivity contribution >= 4 is 0 Å². The van der Waals surface area contributed by atoms with Crippen LogP contribution in [0.15, 0.2) is 12.1 Å². The van der Waals surface area contributed by atoms with Gasteiger partial charge in [0.2, 0.25) is 0 Å². The predicted octanol–water partition coefficient (Wildman–Crippen LogP) is 3.50. The first kappa shape index (κ1) is 12.4. The molecule has 0 aromatic heterocycles. The van der Waals surface area contributed by atoms with Crippen molar-refractivity contribution in [3.05, 3.63) is 28.8 Å². The van der Waals surface area contributed by atoms with E-state index < -0.39 is 0 Å². The summed E-state index contributed by atoms with van der Waals surface area (Å²) in [6.45, 7) is 9.33. The average molecular weight is 234 g/mol. The smallest absolute Gasteiger partial charge is 0.128 e. The average Bonchev–Trinajstić information content (AvgIpc) is 2.39. The molecule has 0 unspecified atom stereocenters. The Morgan fingerprint density at radius 3 is 2.65 bits per heavy atom. The molecular weight excluding hydrogens is 212 g/mol. The van der Waals surface area contributed by atoms with Crippen molar-refractivity contribution in [1.29, 1.82) is 0 Å². The molecule has 0 bridgehead atoms. The third kappa shape index (κ3) is 2.47. The topological polar surface area (TPSA) is 29.5 Å². The zero-order valence-corrected chi connectivity index (χ0v) is 11.2. The SMILES string of the molecule is Cc1cc2c(c(C(C)(C)C)c1)OCCC[C@H]2O. The van der Waals surface area contributed by atoms with Crippen LogP contribution >= 0.6 is 0 Å². The van der Waals surface area contributed by atoms with Crippen LogP contribution in [0.3, 0.4) is 0 Å². The van der Waals surface area contributed by atoms with E-state index in [1.807, 2.05) is 0 Å². The largest absolute Gasteiger partial charge is 0.493 e. The van der Waals surface area contributed by atoms with Gasteiger partial charge in [0.25, 0.3) is 0 Å². The quantitative estimate of drug-likeness (QED) is 0.744. The van der Waals surface area contributed by atoms with E-state index in [9.17, 15) is 5.11 Å². The molecule has 1 heterocycles. The molecule has 0 radical (unpaired) electrons. The maximum Gasteiger partial charge on any atom is 0.128 e. The van der Waals surface area contributed by atoms with E-state index in [1.54, 1.807) is 0 Å². The molecule has 2 rings (SSSR count). The number of fused-ring (bicyclic) bond motifs is 1. The maximum absolute atomic E-state index is 10.2. The summed E-state index contributed by atoms with van der Waals surface area (Å²) in [7, 11) is 0. The van der Waals surface area contributed by atoms with E-state index in [2.05, 4.69) is 39.8 Å². The lowest BCUT2D eigenvalue weighted by Crippen LogP contribution is -2.15. The number of rotatable bonds is 0. The molecule has 94 valence electrons. The maximum atomic E-state index is 10.2. The van der Waals surface area contributed by atoms with Gasteiger partial charge in [0.05, 0.1) is 12.7 Å². The molecule has 0 fully saturated rings. The van der Waals surface area contributed by atoms with Gasteiger partial charge in [0.15, 0.2) is 0 Å². The minimum atomic E-state index is -0.381. The van der Waals surface area contributed by atoms with E-state index in [0.717, 1.165) is 24.2 Å². The van der Waals surface area contributed by atoms with Crippen molar-refractivity contribution in [3.8, 4) is 5.75 Å². The zero-order chi connectivity index (χ0) is 12.6. The first-order valence-electron chi connectivity index (χ1n) is 6.35. The second-order valence-electron chi connectivity index (χ2n) is 5.99. The Kier molecular flexibility index (Phi) is 3.17. The highest BCUT2D eigenvalue weighted by atomic mass is 16.5. The summed E-state index contributed by atoms with van der Waals surface area (Å²) in [6.07, 6.45) is 1.33. The number of ether oxygens (including phenoxy) is 1. The Morgan fingerprint density at radius 1 is 1.29 bits per heavy atom. The van der Waals surface area contributed by atoms with Crippen LogP contribution in [-0.2, 0) is 5.41 Å². The Bertz CT molecular complexity index is 416. The first-order chi connectivity index (χ1) is 7.89. The summed E-state index contributed by atoms with van der Waals surface area (Å²) in [5, 5.41) is 10.2. The molecule has 1 aromatic carbocycles. The fraction of sp³-hybridized carbons (Fsp3) is 0.600. The van der Waals surface area contributed by atoms with Crippen molar-refractivity contribution in [1.82, 2.24) is 0 Å². The van der Waals surface area contributed by atoms with Crippen LogP contribution in [0.2, 0.25) is 0 Å². The highest BCUT2D eigenvalue weighted by molar-refractivity contribution is 5.49. The van der Waals surface area contributed by atoms with E-state index in [0.29, 0.717) is 6.61 Å². The highest BCUT2D eigenvalue weighted by Crippen LogP contribution is 2.40. The third-order valence-corrected chi connectivity index (χ3v) is 3.30. The lowest BCUT2D eigenvalue weighted by atomic mass is 9.83. The zero-order valence-electron chi connectivity index (χ0n) is 11.2. The molecule has 1 N–H and O–H groups in total. The number of aliphatic hydroxyl groups is 1. The molecule has 0 saturated carbocycles. The van der Waals surface area contributed by atoms with Gasteiger partial charge >= 0.3 is 0 Å². The van der Waals surface area contributed by atoms with Gasteiger partial charge in [-0.25, -0.2) is 0 Å². The summed E-state index contributed by atoms with van der Waals surface area (Å²) in [6, 6.07) is 4.23. The van der Waals surface area contributed by atoms with Gasteiger partial charge in [-0.1, -0.05) is 32.4 Å². The van der Waals surface area contributed by atoms with Gasteiger partial charge < -0.3 is 9.84 Å². The van der Waals surface area contributed by atoms with Gasteiger partial charge in [0, 0.05) is 11.1 Å². The molecule has 2 heteroatoms. The van der Waals surface area contributed by atoms with Crippen LogP contribution in [0.4, 0.5) is 0 Å². The minimum Gasteiger partial charge on any atom is -0.493 e. The number of benzene rings is 1. The van der Waals surface area contributed by atoms with Crippen molar-refractivity contribution in [2.75, 3.05) is 6.61 Å². The summed E-state index contributed by atoms with van der Waals surface area (Å²) < 4.78 is 5.87. The standard InChI is InChI=1S/C15H22O2/c1-10-8-11-13(16)6-5-7-17-14(11)12(9-10)15(2,3)4/h8-9,13,16H,5-7H2,1-4H3/t13-/m1/s1. The van der Waals surface area contributed by atoms with Crippen molar-refractivity contribution < 1.29 is 9.84 Å². The normalized spacial score (nSPS) is 20.4. The van der Waals surface area contributed by atoms with Crippen LogP contribution in [0, 0.1) is 6.92 Å². The monoisotopic (exact) mass is 234 g/mol. The van der Waals surface area contributed by atoms with E-state index in [1.165, 1.54) is 11.1 Å². The highest BCUT2D eigenvalue weighted by Gasteiger charge is 2.26. The molecule has 0 spiro atoms. The van der Waals surface area contributed by atoms with E-state index >= 15 is 0 Å². The lowest BCUT2D eigenvalue weighted by Gasteiger charge is -2.25. The number of hydrogen-bond donors (Lipinski definition) is 1. The molecule has 0 amide bonds. The Hall–Kier alpha value is -1.02. The molecule has 2 nitrogen and oxygen atoms in total. The van der Waals surface area contributed by atoms with Gasteiger partial charge in [-0.05, 0) is 31.2 Å². The second kappa shape index (κ2) is 4.34. The van der Waals surface area contributed by atoms with Gasteiger partial charge in [-0.2, -0.15) is 0 Å². The summed E-state index contributed by atoms with van der Waals surface area (Å²) in [4.78, 5) is 0. The molecule has 1 aromatic rings. The van der Waals surface area contributed by atoms with Crippen LogP contribution in [-0.4, -0.2) is 11.7 Å². The van der Waals surface area contributed by atoms with Crippen molar-refractivity contribution in [2.24, 2.45) is 0 Å². The fourth-order valence-electron chi connectivity index (χ4n) is 2.37. The lowest BCUT2D eigenvalue weighted by molar-refractivity contribution is 0.167. The predicted molar refractivity (Wildman–Crippen MR) is 69.6 cm³/mol. The van der Waals surface area contributed by atoms with Crippen LogP contribution < -0.4 is 4.74 Å². The number of aryl methyl sites for hydroxylation is 1. The van der Waals surface area contributed by atoms with Gasteiger partial charge in [-0.15, -0.1) is 0 Å². The van der Waals surface area contributed by atoms with Crippen molar-refractivity contribution in [2.45, 2.75) is 52.1 Å². The Labute approximate surface area is 104 Å². The minimum absolute atomic E-state index is 0.0418. The van der Waals surface area contributed by atoms with Crippen LogP contribution in [0.25, 0.3) is 0 Å². The van der Waals surface area contributed by atoms with E-state index in [4.69, 9.17) is 4.74 Å². The molecule has 1 atom stereocenters. The fourth-order valence-corrected chi connectivity index (χ4v) is 2.37. The van der Waals surface area contributed by atoms with Gasteiger partial charge in [0.1, 0.15) is 5.75 Å². The molecule has 17 heavy (non-hydrogen) atoms. The molecule has 1 aliphatic rings. The second-order valence-corrected chi connectivity index (χ2v) is 5.99. The first-order valence-corrected chi connectivity index (χ1v) is 6.35. The van der Waals surface area contributed by atoms with Crippen LogP contribution in [0.1, 0.15) is 56.4 Å². The Balaban J connectivity index is 2.61. The summed E-state index contributed by atoms with van der Waals surface area (Å²) in [5.41, 5.74) is 3.40. The molecule has 0 aliphatic carbocycles. The van der Waals surface area contributed by atoms with Crippen molar-refractivity contribution in [3.63, 3.8) is 0 Å². The van der Waals surface area contributed by atoms with Crippen LogP contribution in [0.5, 0.6) is 5.75 Å². The Morgan fingerprint density at radius 2 is 2.00 bits per heavy atom. The van der Waals surface area contributed by atoms with Gasteiger partial charge in [-0.3, -0.25) is 0 Å². The summed E-state index contributed by atoms with van der Waals surface area (Å²) >= 11 is 0. The molecular formula is C15H22O2. The summed E-state index contributed by atoms with van der Waals surface area (Å²) in [5.74, 6) is 0.910. The van der Waals surface area contributed by atoms with E-state index in [-0.39, 0.29) is 11.5 Å². The molecule has 1 aliphatic heterocycles. The number of aliphatic hydroxyl groups excluding tert-OH is 1.